The Morgan fingerprint density at radius 3 is 2.13 bits per heavy atom. The molecule has 0 spiro atoms. The second kappa shape index (κ2) is 4.18. The van der Waals surface area contributed by atoms with Gasteiger partial charge in [0.1, 0.15) is 0 Å². The van der Waals surface area contributed by atoms with Crippen LogP contribution in [0, 0.1) is 0 Å². The van der Waals surface area contributed by atoms with Crippen LogP contribution in [-0.2, 0) is 0 Å². The Hall–Kier alpha value is -0.470. The average Bonchev–Trinajstić information content (AvgIpc) is 2.69. The molecule has 0 bridgehead atoms. The van der Waals surface area contributed by atoms with E-state index in [9.17, 15) is 0 Å². The van der Waals surface area contributed by atoms with Crippen LogP contribution in [0.3, 0.4) is 0 Å². The monoisotopic (exact) mass is 219 g/mol. The fourth-order valence-electron chi connectivity index (χ4n) is 2.41. The van der Waals surface area contributed by atoms with Crippen molar-refractivity contribution in [3.63, 3.8) is 0 Å². The van der Waals surface area contributed by atoms with Crippen LogP contribution in [0.1, 0.15) is 29.4 Å². The molecule has 1 aromatic carbocycles. The highest BCUT2D eigenvalue weighted by atomic mass is 32.2. The summed E-state index contributed by atoms with van der Waals surface area (Å²) in [6.07, 6.45) is 1.30. The van der Waals surface area contributed by atoms with Gasteiger partial charge in [-0.3, -0.25) is 0 Å². The molecule has 2 aliphatic heterocycles. The lowest BCUT2D eigenvalue weighted by Gasteiger charge is -2.25. The summed E-state index contributed by atoms with van der Waals surface area (Å²) >= 11 is 2.06. The van der Waals surface area contributed by atoms with Gasteiger partial charge in [-0.15, -0.1) is 0 Å². The van der Waals surface area contributed by atoms with Gasteiger partial charge >= 0.3 is 0 Å². The van der Waals surface area contributed by atoms with Crippen LogP contribution >= 0.6 is 11.8 Å². The van der Waals surface area contributed by atoms with E-state index >= 15 is 0 Å². The van der Waals surface area contributed by atoms with E-state index in [0.717, 1.165) is 11.8 Å². The topological polar surface area (TPSA) is 12.0 Å². The van der Waals surface area contributed by atoms with Crippen molar-refractivity contribution < 1.29 is 0 Å². The van der Waals surface area contributed by atoms with E-state index in [4.69, 9.17) is 0 Å². The van der Waals surface area contributed by atoms with E-state index in [1.807, 2.05) is 0 Å². The Labute approximate surface area is 95.6 Å². The first-order valence-corrected chi connectivity index (χ1v) is 6.97. The molecule has 1 unspecified atom stereocenters. The summed E-state index contributed by atoms with van der Waals surface area (Å²) in [6.45, 7) is 2.35. The highest BCUT2D eigenvalue weighted by Gasteiger charge is 2.21. The molecule has 1 atom stereocenters. The molecule has 1 nitrogen and oxygen atoms in total. The zero-order valence-corrected chi connectivity index (χ0v) is 9.72. The van der Waals surface area contributed by atoms with Crippen molar-refractivity contribution in [3.05, 3.63) is 35.4 Å². The second-order valence-corrected chi connectivity index (χ2v) is 5.67. The summed E-state index contributed by atoms with van der Waals surface area (Å²) in [5.74, 6) is 4.25. The third kappa shape index (κ3) is 1.93. The summed E-state index contributed by atoms with van der Waals surface area (Å²) in [6, 6.07) is 9.38. The quantitative estimate of drug-likeness (QED) is 0.820. The van der Waals surface area contributed by atoms with Crippen LogP contribution in [0.5, 0.6) is 0 Å². The molecule has 0 aromatic heterocycles. The number of hydrogen-bond acceptors (Lipinski definition) is 2. The molecule has 0 amide bonds. The molecule has 3 rings (SSSR count). The summed E-state index contributed by atoms with van der Waals surface area (Å²) in [5.41, 5.74) is 3.07. The van der Waals surface area contributed by atoms with Crippen LogP contribution in [-0.4, -0.2) is 24.6 Å². The van der Waals surface area contributed by atoms with E-state index in [0.29, 0.717) is 0 Å². The first kappa shape index (κ1) is 9.73. The molecule has 0 saturated carbocycles. The predicted molar refractivity (Wildman–Crippen MR) is 66.7 cm³/mol. The smallest absolute Gasteiger partial charge is 0.00206 e. The largest absolute Gasteiger partial charge is 0.316 e. The highest BCUT2D eigenvalue weighted by Crippen LogP contribution is 2.34. The van der Waals surface area contributed by atoms with E-state index in [1.165, 1.54) is 36.6 Å². The normalized spacial score (nSPS) is 26.5. The standard InChI is InChI=1S/C13H17NS/c1-3-11(13-8-15-9-13)4-2-10(1)12-5-6-14-7-12/h1-4,12-14H,5-9H2. The first-order valence-electron chi connectivity index (χ1n) is 5.82. The number of rotatable bonds is 2. The van der Waals surface area contributed by atoms with Gasteiger partial charge in [-0.2, -0.15) is 11.8 Å². The SMILES string of the molecule is c1cc(C2CSC2)ccc1C1CCNC1. The van der Waals surface area contributed by atoms with Crippen LogP contribution in [0.2, 0.25) is 0 Å². The van der Waals surface area contributed by atoms with Gasteiger partial charge in [-0.25, -0.2) is 0 Å². The van der Waals surface area contributed by atoms with Gasteiger partial charge in [-0.1, -0.05) is 24.3 Å². The molecule has 2 heterocycles. The van der Waals surface area contributed by atoms with Crippen molar-refractivity contribution in [3.8, 4) is 0 Å². The molecule has 2 fully saturated rings. The molecule has 2 heteroatoms. The van der Waals surface area contributed by atoms with Gasteiger partial charge < -0.3 is 5.32 Å². The number of thioether (sulfide) groups is 1. The maximum Gasteiger partial charge on any atom is 0.00206 e. The fraction of sp³-hybridized carbons (Fsp3) is 0.538. The van der Waals surface area contributed by atoms with Crippen molar-refractivity contribution in [2.45, 2.75) is 18.3 Å². The first-order chi connectivity index (χ1) is 7.43. The Morgan fingerprint density at radius 1 is 1.00 bits per heavy atom. The molecule has 15 heavy (non-hydrogen) atoms. The number of benzene rings is 1. The molecule has 2 aliphatic rings. The lowest BCUT2D eigenvalue weighted by molar-refractivity contribution is 0.760. The van der Waals surface area contributed by atoms with Crippen molar-refractivity contribution in [2.75, 3.05) is 24.6 Å². The molecule has 2 saturated heterocycles. The van der Waals surface area contributed by atoms with Gasteiger partial charge in [-0.05, 0) is 30.0 Å². The van der Waals surface area contributed by atoms with Crippen molar-refractivity contribution in [2.24, 2.45) is 0 Å². The third-order valence-corrected chi connectivity index (χ3v) is 4.85. The van der Waals surface area contributed by atoms with Gasteiger partial charge in [0.15, 0.2) is 0 Å². The zero-order valence-electron chi connectivity index (χ0n) is 8.91. The summed E-state index contributed by atoms with van der Waals surface area (Å²) in [5, 5.41) is 3.43. The van der Waals surface area contributed by atoms with E-state index in [2.05, 4.69) is 41.3 Å². The Kier molecular flexibility index (Phi) is 2.72. The maximum absolute atomic E-state index is 3.43. The molecule has 0 aliphatic carbocycles. The van der Waals surface area contributed by atoms with Crippen LogP contribution in [0.15, 0.2) is 24.3 Å². The second-order valence-electron chi connectivity index (χ2n) is 4.59. The van der Waals surface area contributed by atoms with E-state index < -0.39 is 0 Å². The Morgan fingerprint density at radius 2 is 1.67 bits per heavy atom. The van der Waals surface area contributed by atoms with Gasteiger partial charge in [0, 0.05) is 24.0 Å². The van der Waals surface area contributed by atoms with E-state index in [1.54, 1.807) is 5.56 Å². The molecule has 1 aromatic rings. The van der Waals surface area contributed by atoms with Crippen molar-refractivity contribution >= 4 is 11.8 Å². The Balaban J connectivity index is 1.74. The predicted octanol–water partition coefficient (Wildman–Crippen LogP) is 2.59. The van der Waals surface area contributed by atoms with Crippen LogP contribution in [0.4, 0.5) is 0 Å². The molecule has 0 radical (unpaired) electrons. The minimum Gasteiger partial charge on any atom is -0.316 e. The van der Waals surface area contributed by atoms with Crippen LogP contribution in [0.25, 0.3) is 0 Å². The lowest BCUT2D eigenvalue weighted by Crippen LogP contribution is -2.15. The van der Waals surface area contributed by atoms with Crippen LogP contribution < -0.4 is 5.32 Å². The number of hydrogen-bond donors (Lipinski definition) is 1. The summed E-state index contributed by atoms with van der Waals surface area (Å²) < 4.78 is 0. The molecule has 1 N–H and O–H groups in total. The summed E-state index contributed by atoms with van der Waals surface area (Å²) in [4.78, 5) is 0. The zero-order chi connectivity index (χ0) is 10.1. The Bertz CT molecular complexity index is 323. The maximum atomic E-state index is 3.43. The average molecular weight is 219 g/mol. The molecular weight excluding hydrogens is 202 g/mol. The third-order valence-electron chi connectivity index (χ3n) is 3.58. The minimum atomic E-state index is 0.759. The highest BCUT2D eigenvalue weighted by molar-refractivity contribution is 8.00. The van der Waals surface area contributed by atoms with Gasteiger partial charge in [0.05, 0.1) is 0 Å². The van der Waals surface area contributed by atoms with Gasteiger partial charge in [0.2, 0.25) is 0 Å². The van der Waals surface area contributed by atoms with Gasteiger partial charge in [0.25, 0.3) is 0 Å². The summed E-state index contributed by atoms with van der Waals surface area (Å²) in [7, 11) is 0. The lowest BCUT2D eigenvalue weighted by atomic mass is 9.94. The minimum absolute atomic E-state index is 0.759. The molecular formula is C13H17NS. The fourth-order valence-corrected chi connectivity index (χ4v) is 3.26. The van der Waals surface area contributed by atoms with Crippen molar-refractivity contribution in [1.82, 2.24) is 5.32 Å². The number of nitrogens with one attached hydrogen (secondary N) is 1. The molecule has 80 valence electrons. The van der Waals surface area contributed by atoms with Crippen molar-refractivity contribution in [1.29, 1.82) is 0 Å². The van der Waals surface area contributed by atoms with E-state index in [-0.39, 0.29) is 0 Å².